The summed E-state index contributed by atoms with van der Waals surface area (Å²) in [7, 11) is 1.74. The molecule has 88 valence electrons. The fourth-order valence-electron chi connectivity index (χ4n) is 1.07. The van der Waals surface area contributed by atoms with Crippen LogP contribution in [0, 0.1) is 10.1 Å². The SMILES string of the molecule is CCC(C)Sc1nc(NC)ccc1[N+](=O)[O-]. The number of nitro groups is 1. The Hall–Kier alpha value is -1.30. The average Bonchev–Trinajstić information content (AvgIpc) is 2.28. The molecule has 0 aromatic carbocycles. The maximum Gasteiger partial charge on any atom is 0.301 e. The van der Waals surface area contributed by atoms with Gasteiger partial charge in [0.05, 0.1) is 4.92 Å². The Kier molecular flexibility index (Phi) is 4.54. The average molecular weight is 241 g/mol. The summed E-state index contributed by atoms with van der Waals surface area (Å²) in [6, 6.07) is 3.10. The van der Waals surface area contributed by atoms with Gasteiger partial charge in [-0.3, -0.25) is 10.1 Å². The van der Waals surface area contributed by atoms with Gasteiger partial charge in [-0.05, 0) is 12.5 Å². The lowest BCUT2D eigenvalue weighted by atomic mass is 10.4. The van der Waals surface area contributed by atoms with E-state index in [1.165, 1.54) is 17.8 Å². The normalized spacial score (nSPS) is 12.2. The van der Waals surface area contributed by atoms with Gasteiger partial charge in [0.25, 0.3) is 0 Å². The maximum absolute atomic E-state index is 10.8. The number of nitrogens with zero attached hydrogens (tertiary/aromatic N) is 2. The second-order valence-corrected chi connectivity index (χ2v) is 4.79. The Morgan fingerprint density at radius 1 is 1.62 bits per heavy atom. The zero-order valence-electron chi connectivity index (χ0n) is 9.56. The summed E-state index contributed by atoms with van der Waals surface area (Å²) in [4.78, 5) is 14.6. The van der Waals surface area contributed by atoms with Crippen LogP contribution in [-0.4, -0.2) is 22.2 Å². The summed E-state index contributed by atoms with van der Waals surface area (Å²) in [6.07, 6.45) is 0.952. The van der Waals surface area contributed by atoms with Gasteiger partial charge in [0.15, 0.2) is 5.03 Å². The highest BCUT2D eigenvalue weighted by atomic mass is 32.2. The van der Waals surface area contributed by atoms with E-state index >= 15 is 0 Å². The molecule has 0 aliphatic carbocycles. The van der Waals surface area contributed by atoms with Gasteiger partial charge in [0.1, 0.15) is 5.82 Å². The third kappa shape index (κ3) is 3.10. The predicted molar refractivity (Wildman–Crippen MR) is 66.0 cm³/mol. The molecule has 1 heterocycles. The van der Waals surface area contributed by atoms with Crippen molar-refractivity contribution in [2.75, 3.05) is 12.4 Å². The molecular weight excluding hydrogens is 226 g/mol. The van der Waals surface area contributed by atoms with Gasteiger partial charge >= 0.3 is 5.69 Å². The maximum atomic E-state index is 10.8. The zero-order chi connectivity index (χ0) is 12.1. The molecule has 0 aliphatic rings. The Morgan fingerprint density at radius 3 is 2.81 bits per heavy atom. The molecule has 0 fully saturated rings. The van der Waals surface area contributed by atoms with Crippen molar-refractivity contribution in [1.82, 2.24) is 4.98 Å². The number of hydrogen-bond acceptors (Lipinski definition) is 5. The first-order chi connectivity index (χ1) is 7.58. The molecule has 1 atom stereocenters. The standard InChI is InChI=1S/C10H15N3O2S/c1-4-7(2)16-10-8(13(14)15)5-6-9(11-3)12-10/h5-7H,4H2,1-3H3,(H,11,12). The highest BCUT2D eigenvalue weighted by Crippen LogP contribution is 2.32. The topological polar surface area (TPSA) is 68.1 Å². The van der Waals surface area contributed by atoms with Crippen LogP contribution in [-0.2, 0) is 0 Å². The number of nitrogens with one attached hydrogen (secondary N) is 1. The largest absolute Gasteiger partial charge is 0.373 e. The molecule has 0 aliphatic heterocycles. The van der Waals surface area contributed by atoms with Crippen LogP contribution in [0.25, 0.3) is 0 Å². The zero-order valence-corrected chi connectivity index (χ0v) is 10.4. The van der Waals surface area contributed by atoms with Gasteiger partial charge in [-0.15, -0.1) is 0 Å². The van der Waals surface area contributed by atoms with Gasteiger partial charge < -0.3 is 5.32 Å². The first kappa shape index (κ1) is 12.8. The summed E-state index contributed by atoms with van der Waals surface area (Å²) in [6.45, 7) is 4.08. The first-order valence-electron chi connectivity index (χ1n) is 5.08. The molecule has 0 spiro atoms. The Balaban J connectivity index is 3.05. The number of thioether (sulfide) groups is 1. The number of hydrogen-bond donors (Lipinski definition) is 1. The van der Waals surface area contributed by atoms with E-state index in [1.807, 2.05) is 13.8 Å². The molecule has 0 bridgehead atoms. The second kappa shape index (κ2) is 5.69. The molecular formula is C10H15N3O2S. The highest BCUT2D eigenvalue weighted by Gasteiger charge is 2.18. The summed E-state index contributed by atoms with van der Waals surface area (Å²) < 4.78 is 0. The van der Waals surface area contributed by atoms with Crippen molar-refractivity contribution in [1.29, 1.82) is 0 Å². The van der Waals surface area contributed by atoms with Crippen molar-refractivity contribution in [3.8, 4) is 0 Å². The summed E-state index contributed by atoms with van der Waals surface area (Å²) in [5.41, 5.74) is 0.0734. The third-order valence-corrected chi connectivity index (χ3v) is 3.44. The monoisotopic (exact) mass is 241 g/mol. The lowest BCUT2D eigenvalue weighted by Gasteiger charge is -2.08. The number of pyridine rings is 1. The molecule has 1 aromatic rings. The lowest BCUT2D eigenvalue weighted by molar-refractivity contribution is -0.388. The number of anilines is 1. The van der Waals surface area contributed by atoms with Gasteiger partial charge in [0, 0.05) is 18.4 Å². The fraction of sp³-hybridized carbons (Fsp3) is 0.500. The van der Waals surface area contributed by atoms with E-state index in [0.717, 1.165) is 6.42 Å². The van der Waals surface area contributed by atoms with Crippen LogP contribution in [0.15, 0.2) is 17.2 Å². The summed E-state index contributed by atoms with van der Waals surface area (Å²) in [5, 5.41) is 14.5. The molecule has 0 radical (unpaired) electrons. The Bertz CT molecular complexity index is 384. The quantitative estimate of drug-likeness (QED) is 0.487. The van der Waals surface area contributed by atoms with Crippen molar-refractivity contribution >= 4 is 23.3 Å². The number of rotatable bonds is 5. The van der Waals surface area contributed by atoms with E-state index < -0.39 is 4.92 Å². The number of aromatic nitrogens is 1. The van der Waals surface area contributed by atoms with E-state index in [4.69, 9.17) is 0 Å². The van der Waals surface area contributed by atoms with Crippen LogP contribution >= 0.6 is 11.8 Å². The highest BCUT2D eigenvalue weighted by molar-refractivity contribution is 8.00. The Morgan fingerprint density at radius 2 is 2.31 bits per heavy atom. The molecule has 6 heteroatoms. The van der Waals surface area contributed by atoms with Crippen molar-refractivity contribution in [2.45, 2.75) is 30.5 Å². The molecule has 1 unspecified atom stereocenters. The van der Waals surface area contributed by atoms with E-state index in [2.05, 4.69) is 10.3 Å². The van der Waals surface area contributed by atoms with Crippen LogP contribution in [0.3, 0.4) is 0 Å². The second-order valence-electron chi connectivity index (χ2n) is 3.36. The summed E-state index contributed by atoms with van der Waals surface area (Å²) >= 11 is 1.44. The first-order valence-corrected chi connectivity index (χ1v) is 5.96. The van der Waals surface area contributed by atoms with Gasteiger partial charge in [-0.25, -0.2) is 4.98 Å². The van der Waals surface area contributed by atoms with Gasteiger partial charge in [-0.2, -0.15) is 0 Å². The fourth-order valence-corrected chi connectivity index (χ4v) is 2.03. The van der Waals surface area contributed by atoms with Gasteiger partial charge in [-0.1, -0.05) is 25.6 Å². The molecule has 0 amide bonds. The van der Waals surface area contributed by atoms with E-state index in [0.29, 0.717) is 16.1 Å². The lowest BCUT2D eigenvalue weighted by Crippen LogP contribution is -2.01. The molecule has 5 nitrogen and oxygen atoms in total. The smallest absolute Gasteiger partial charge is 0.301 e. The van der Waals surface area contributed by atoms with Crippen LogP contribution in [0.4, 0.5) is 11.5 Å². The van der Waals surface area contributed by atoms with Crippen molar-refractivity contribution in [2.24, 2.45) is 0 Å². The molecule has 0 saturated heterocycles. The van der Waals surface area contributed by atoms with Gasteiger partial charge in [0.2, 0.25) is 0 Å². The molecule has 1 aromatic heterocycles. The molecule has 1 N–H and O–H groups in total. The third-order valence-electron chi connectivity index (χ3n) is 2.18. The van der Waals surface area contributed by atoms with Crippen LogP contribution in [0.1, 0.15) is 20.3 Å². The van der Waals surface area contributed by atoms with Crippen molar-refractivity contribution in [3.63, 3.8) is 0 Å². The van der Waals surface area contributed by atoms with Crippen LogP contribution in [0.5, 0.6) is 0 Å². The molecule has 0 saturated carbocycles. The van der Waals surface area contributed by atoms with E-state index in [1.54, 1.807) is 13.1 Å². The van der Waals surface area contributed by atoms with E-state index in [9.17, 15) is 10.1 Å². The van der Waals surface area contributed by atoms with E-state index in [-0.39, 0.29) is 5.69 Å². The predicted octanol–water partition coefficient (Wildman–Crippen LogP) is 2.92. The minimum absolute atomic E-state index is 0.0734. The van der Waals surface area contributed by atoms with Crippen molar-refractivity contribution < 1.29 is 4.92 Å². The summed E-state index contributed by atoms with van der Waals surface area (Å²) in [5.74, 6) is 0.649. The Labute approximate surface area is 98.8 Å². The van der Waals surface area contributed by atoms with Crippen molar-refractivity contribution in [3.05, 3.63) is 22.2 Å². The van der Waals surface area contributed by atoms with Crippen LogP contribution in [0.2, 0.25) is 0 Å². The molecule has 16 heavy (non-hydrogen) atoms. The molecule has 1 rings (SSSR count). The minimum atomic E-state index is -0.392. The minimum Gasteiger partial charge on any atom is -0.373 e. The van der Waals surface area contributed by atoms with Crippen LogP contribution < -0.4 is 5.32 Å².